The number of nitrogens with two attached hydrogens (primary N) is 1. The summed E-state index contributed by atoms with van der Waals surface area (Å²) in [6.07, 6.45) is 0. The molecule has 2 heteroatoms. The molecule has 0 aliphatic heterocycles. The van der Waals surface area contributed by atoms with E-state index in [1.165, 1.54) is 22.3 Å². The van der Waals surface area contributed by atoms with Gasteiger partial charge in [0, 0.05) is 17.1 Å². The third-order valence-electron chi connectivity index (χ3n) is 4.06. The van der Waals surface area contributed by atoms with Gasteiger partial charge in [0.15, 0.2) is 0 Å². The van der Waals surface area contributed by atoms with E-state index in [2.05, 4.69) is 55.6 Å². The Balaban J connectivity index is 1.96. The minimum absolute atomic E-state index is 0.792. The molecule has 0 aliphatic carbocycles. The molecule has 3 N–H and O–H groups in total. The topological polar surface area (TPSA) is 38.0 Å². The van der Waals surface area contributed by atoms with Gasteiger partial charge in [0.1, 0.15) is 0 Å². The van der Waals surface area contributed by atoms with Gasteiger partial charge in [0.05, 0.1) is 0 Å². The van der Waals surface area contributed by atoms with Crippen LogP contribution in [0.3, 0.4) is 0 Å². The van der Waals surface area contributed by atoms with Crippen molar-refractivity contribution in [3.05, 3.63) is 77.9 Å². The molecule has 0 aromatic heterocycles. The van der Waals surface area contributed by atoms with Crippen molar-refractivity contribution in [2.24, 2.45) is 0 Å². The highest BCUT2D eigenvalue weighted by molar-refractivity contribution is 5.75. The van der Waals surface area contributed by atoms with E-state index in [0.29, 0.717) is 0 Å². The van der Waals surface area contributed by atoms with Crippen LogP contribution in [0.2, 0.25) is 0 Å². The van der Waals surface area contributed by atoms with Crippen molar-refractivity contribution in [2.45, 2.75) is 13.8 Å². The first kappa shape index (κ1) is 14.2. The Hall–Kier alpha value is -2.74. The lowest BCUT2D eigenvalue weighted by Crippen LogP contribution is -1.96. The minimum atomic E-state index is 0.792. The Morgan fingerprint density at radius 3 is 2.09 bits per heavy atom. The van der Waals surface area contributed by atoms with Crippen LogP contribution in [0.1, 0.15) is 11.1 Å². The fourth-order valence-corrected chi connectivity index (χ4v) is 2.61. The zero-order valence-electron chi connectivity index (χ0n) is 12.9. The van der Waals surface area contributed by atoms with Crippen molar-refractivity contribution < 1.29 is 0 Å². The Kier molecular flexibility index (Phi) is 3.84. The van der Waals surface area contributed by atoms with E-state index in [1.54, 1.807) is 0 Å². The summed E-state index contributed by atoms with van der Waals surface area (Å²) in [6, 6.07) is 22.6. The van der Waals surface area contributed by atoms with Crippen molar-refractivity contribution in [3.8, 4) is 11.1 Å². The normalized spacial score (nSPS) is 10.5. The molecule has 0 radical (unpaired) electrons. The number of hydrogen-bond acceptors (Lipinski definition) is 2. The van der Waals surface area contributed by atoms with Crippen LogP contribution >= 0.6 is 0 Å². The van der Waals surface area contributed by atoms with Crippen LogP contribution < -0.4 is 11.1 Å². The van der Waals surface area contributed by atoms with Crippen LogP contribution in [-0.2, 0) is 0 Å². The largest absolute Gasteiger partial charge is 0.399 e. The van der Waals surface area contributed by atoms with Crippen LogP contribution in [0.5, 0.6) is 0 Å². The predicted molar refractivity (Wildman–Crippen MR) is 95.5 cm³/mol. The number of nitrogens with one attached hydrogen (secondary N) is 1. The standard InChI is InChI=1S/C20H20N2/c1-14-15(2)20(22-18-6-4-3-5-7-18)13-12-19(14)16-8-10-17(21)11-9-16/h3-13,22H,21H2,1-2H3. The van der Waals surface area contributed by atoms with Gasteiger partial charge in [0.2, 0.25) is 0 Å². The zero-order valence-corrected chi connectivity index (χ0v) is 12.9. The Bertz CT molecular complexity index is 775. The zero-order chi connectivity index (χ0) is 15.5. The average molecular weight is 288 g/mol. The molecule has 0 bridgehead atoms. The van der Waals surface area contributed by atoms with Crippen molar-refractivity contribution in [1.29, 1.82) is 0 Å². The van der Waals surface area contributed by atoms with E-state index in [1.807, 2.05) is 30.3 Å². The molecular weight excluding hydrogens is 268 g/mol. The molecule has 0 atom stereocenters. The lowest BCUT2D eigenvalue weighted by molar-refractivity contribution is 1.33. The molecular formula is C20H20N2. The van der Waals surface area contributed by atoms with Gasteiger partial charge in [0.25, 0.3) is 0 Å². The number of anilines is 3. The molecule has 0 heterocycles. The quantitative estimate of drug-likeness (QED) is 0.642. The number of rotatable bonds is 3. The Morgan fingerprint density at radius 2 is 1.41 bits per heavy atom. The second-order valence-corrected chi connectivity index (χ2v) is 5.52. The highest BCUT2D eigenvalue weighted by Gasteiger charge is 2.08. The van der Waals surface area contributed by atoms with E-state index in [-0.39, 0.29) is 0 Å². The molecule has 0 saturated carbocycles. The molecule has 0 fully saturated rings. The van der Waals surface area contributed by atoms with Gasteiger partial charge in [-0.25, -0.2) is 0 Å². The third-order valence-corrected chi connectivity index (χ3v) is 4.06. The molecule has 3 aromatic rings. The molecule has 2 nitrogen and oxygen atoms in total. The maximum atomic E-state index is 5.77. The first-order chi connectivity index (χ1) is 10.6. The van der Waals surface area contributed by atoms with Crippen LogP contribution in [0.25, 0.3) is 11.1 Å². The monoisotopic (exact) mass is 288 g/mol. The van der Waals surface area contributed by atoms with Crippen LogP contribution in [0.15, 0.2) is 66.7 Å². The first-order valence-corrected chi connectivity index (χ1v) is 7.43. The van der Waals surface area contributed by atoms with Gasteiger partial charge in [-0.05, 0) is 66.4 Å². The van der Waals surface area contributed by atoms with Gasteiger partial charge < -0.3 is 11.1 Å². The van der Waals surface area contributed by atoms with Gasteiger partial charge >= 0.3 is 0 Å². The number of hydrogen-bond donors (Lipinski definition) is 2. The van der Waals surface area contributed by atoms with E-state index >= 15 is 0 Å². The van der Waals surface area contributed by atoms with Gasteiger partial charge in [-0.2, -0.15) is 0 Å². The Labute approximate surface area is 131 Å². The number of nitrogen functional groups attached to an aromatic ring is 1. The second kappa shape index (κ2) is 5.94. The summed E-state index contributed by atoms with van der Waals surface area (Å²) in [5.41, 5.74) is 13.8. The number of para-hydroxylation sites is 1. The molecule has 0 unspecified atom stereocenters. The summed E-state index contributed by atoms with van der Waals surface area (Å²) in [7, 11) is 0. The van der Waals surface area contributed by atoms with Crippen molar-refractivity contribution in [2.75, 3.05) is 11.1 Å². The van der Waals surface area contributed by atoms with Crippen molar-refractivity contribution in [1.82, 2.24) is 0 Å². The molecule has 3 aromatic carbocycles. The minimum Gasteiger partial charge on any atom is -0.399 e. The summed E-state index contributed by atoms with van der Waals surface area (Å²) < 4.78 is 0. The molecule has 0 amide bonds. The Morgan fingerprint density at radius 1 is 0.727 bits per heavy atom. The average Bonchev–Trinajstić information content (AvgIpc) is 2.54. The SMILES string of the molecule is Cc1c(Nc2ccccc2)ccc(-c2ccc(N)cc2)c1C. The second-order valence-electron chi connectivity index (χ2n) is 5.52. The third kappa shape index (κ3) is 2.82. The fraction of sp³-hybridized carbons (Fsp3) is 0.100. The van der Waals surface area contributed by atoms with Crippen LogP contribution in [0.4, 0.5) is 17.1 Å². The highest BCUT2D eigenvalue weighted by Crippen LogP contribution is 2.31. The van der Waals surface area contributed by atoms with Gasteiger partial charge in [-0.1, -0.05) is 36.4 Å². The van der Waals surface area contributed by atoms with E-state index in [0.717, 1.165) is 17.1 Å². The van der Waals surface area contributed by atoms with Crippen LogP contribution in [0, 0.1) is 13.8 Å². The maximum Gasteiger partial charge on any atom is 0.0417 e. The number of benzene rings is 3. The summed E-state index contributed by atoms with van der Waals surface area (Å²) in [4.78, 5) is 0. The fourth-order valence-electron chi connectivity index (χ4n) is 2.61. The first-order valence-electron chi connectivity index (χ1n) is 7.43. The summed E-state index contributed by atoms with van der Waals surface area (Å²) in [5, 5.41) is 3.48. The summed E-state index contributed by atoms with van der Waals surface area (Å²) in [6.45, 7) is 4.32. The lowest BCUT2D eigenvalue weighted by Gasteiger charge is -2.15. The smallest absolute Gasteiger partial charge is 0.0417 e. The molecule has 0 aliphatic rings. The summed E-state index contributed by atoms with van der Waals surface area (Å²) in [5.74, 6) is 0. The van der Waals surface area contributed by atoms with Crippen molar-refractivity contribution >= 4 is 17.1 Å². The molecule has 110 valence electrons. The molecule has 22 heavy (non-hydrogen) atoms. The highest BCUT2D eigenvalue weighted by atomic mass is 14.9. The van der Waals surface area contributed by atoms with Crippen LogP contribution in [-0.4, -0.2) is 0 Å². The maximum absolute atomic E-state index is 5.77. The van der Waals surface area contributed by atoms with E-state index in [4.69, 9.17) is 5.73 Å². The predicted octanol–water partition coefficient (Wildman–Crippen LogP) is 5.30. The molecule has 0 spiro atoms. The van der Waals surface area contributed by atoms with Crippen molar-refractivity contribution in [3.63, 3.8) is 0 Å². The lowest BCUT2D eigenvalue weighted by atomic mass is 9.95. The van der Waals surface area contributed by atoms with Gasteiger partial charge in [-0.15, -0.1) is 0 Å². The summed E-state index contributed by atoms with van der Waals surface area (Å²) >= 11 is 0. The van der Waals surface area contributed by atoms with E-state index in [9.17, 15) is 0 Å². The van der Waals surface area contributed by atoms with E-state index < -0.39 is 0 Å². The van der Waals surface area contributed by atoms with Gasteiger partial charge in [-0.3, -0.25) is 0 Å². The molecule has 0 saturated heterocycles. The molecule has 3 rings (SSSR count).